The number of hydrogen-bond donors (Lipinski definition) is 3. The Bertz CT molecular complexity index is 1650. The van der Waals surface area contributed by atoms with E-state index in [1.807, 2.05) is 73.1 Å². The Morgan fingerprint density at radius 2 is 1.71 bits per heavy atom. The molecule has 5 rings (SSSR count). The zero-order valence-electron chi connectivity index (χ0n) is 22.4. The Balaban J connectivity index is 1.37. The number of alkyl carbamates (subject to hydrolysis) is 1. The Morgan fingerprint density at radius 3 is 2.54 bits per heavy atom. The monoisotopic (exact) mass is 570 g/mol. The first-order valence-electron chi connectivity index (χ1n) is 13.2. The number of carbonyl (C=O) groups excluding carboxylic acids is 3. The lowest BCUT2D eigenvalue weighted by atomic mass is 10.0. The van der Waals surface area contributed by atoms with Crippen LogP contribution >= 0.6 is 11.8 Å². The van der Waals surface area contributed by atoms with Gasteiger partial charge in [-0.3, -0.25) is 9.59 Å². The highest BCUT2D eigenvalue weighted by atomic mass is 32.2. The van der Waals surface area contributed by atoms with Crippen molar-refractivity contribution in [1.82, 2.24) is 30.6 Å². The summed E-state index contributed by atoms with van der Waals surface area (Å²) in [5.74, 6) is -0.308. The van der Waals surface area contributed by atoms with E-state index < -0.39 is 30.0 Å². The zero-order valence-corrected chi connectivity index (χ0v) is 23.3. The molecule has 2 amide bonds. The second-order valence-electron chi connectivity index (χ2n) is 9.49. The highest BCUT2D eigenvalue weighted by Gasteiger charge is 2.30. The van der Waals surface area contributed by atoms with Crippen molar-refractivity contribution in [3.8, 4) is 0 Å². The van der Waals surface area contributed by atoms with Gasteiger partial charge in [0.05, 0.1) is 5.52 Å². The first-order valence-corrected chi connectivity index (χ1v) is 14.6. The Kier molecular flexibility index (Phi) is 8.95. The van der Waals surface area contributed by atoms with Crippen LogP contribution in [0.25, 0.3) is 21.9 Å². The maximum Gasteiger partial charge on any atom is 0.408 e. The van der Waals surface area contributed by atoms with Crippen LogP contribution in [0.3, 0.4) is 0 Å². The molecule has 2 unspecified atom stereocenters. The molecule has 2 heterocycles. The van der Waals surface area contributed by atoms with Gasteiger partial charge in [0.1, 0.15) is 24.2 Å². The van der Waals surface area contributed by atoms with E-state index in [9.17, 15) is 14.4 Å². The van der Waals surface area contributed by atoms with Crippen molar-refractivity contribution in [3.63, 3.8) is 0 Å². The number of nitrogens with zero attached hydrogens (tertiary/aromatic N) is 3. The molecule has 0 aliphatic heterocycles. The third-order valence-corrected chi connectivity index (χ3v) is 7.35. The van der Waals surface area contributed by atoms with E-state index in [4.69, 9.17) is 4.74 Å². The average Bonchev–Trinajstić information content (AvgIpc) is 3.62. The summed E-state index contributed by atoms with van der Waals surface area (Å²) in [6.45, 7) is 0.0740. The van der Waals surface area contributed by atoms with Gasteiger partial charge in [0, 0.05) is 23.5 Å². The lowest BCUT2D eigenvalue weighted by molar-refractivity contribution is -0.123. The molecule has 0 bridgehead atoms. The number of aromatic nitrogens is 4. The van der Waals surface area contributed by atoms with Crippen LogP contribution in [0.2, 0.25) is 0 Å². The third-order valence-electron chi connectivity index (χ3n) is 6.71. The molecular formula is C30H30N6O4S. The summed E-state index contributed by atoms with van der Waals surface area (Å²) in [6, 6.07) is 22.3. The zero-order chi connectivity index (χ0) is 28.6. The van der Waals surface area contributed by atoms with Crippen LogP contribution in [0, 0.1) is 0 Å². The molecule has 3 N–H and O–H groups in total. The number of carbonyl (C=O) groups is 3. The molecule has 5 aromatic rings. The maximum absolute atomic E-state index is 13.9. The number of hydrogen-bond acceptors (Lipinski definition) is 7. The van der Waals surface area contributed by atoms with E-state index in [0.717, 1.165) is 22.0 Å². The Hall–Kier alpha value is -4.64. The van der Waals surface area contributed by atoms with E-state index in [-0.39, 0.29) is 13.0 Å². The third kappa shape index (κ3) is 6.75. The topological polar surface area (TPSA) is 131 Å². The summed E-state index contributed by atoms with van der Waals surface area (Å²) in [7, 11) is 0. The number of fused-ring (bicyclic) bond motifs is 2. The van der Waals surface area contributed by atoms with E-state index >= 15 is 0 Å². The van der Waals surface area contributed by atoms with E-state index in [2.05, 4.69) is 25.9 Å². The van der Waals surface area contributed by atoms with Gasteiger partial charge in [-0.05, 0) is 47.8 Å². The fourth-order valence-corrected chi connectivity index (χ4v) is 5.06. The molecule has 2 atom stereocenters. The van der Waals surface area contributed by atoms with Crippen LogP contribution < -0.4 is 10.6 Å². The molecule has 41 heavy (non-hydrogen) atoms. The highest BCUT2D eigenvalue weighted by Crippen LogP contribution is 2.20. The largest absolute Gasteiger partial charge is 0.445 e. The lowest BCUT2D eigenvalue weighted by Crippen LogP contribution is -2.53. The predicted molar refractivity (Wildman–Crippen MR) is 159 cm³/mol. The van der Waals surface area contributed by atoms with Crippen LogP contribution in [0.15, 0.2) is 85.1 Å². The SMILES string of the molecule is CSCCC(NC(=O)OCc1ccccc1)C(=O)NC(Cc1c[nH]c2ccccc12)C(=O)n1nnc2ccccc21. The Labute approximate surface area is 240 Å². The molecule has 0 saturated carbocycles. The number of ether oxygens (including phenoxy) is 1. The summed E-state index contributed by atoms with van der Waals surface area (Å²) in [4.78, 5) is 43.3. The number of thioether (sulfide) groups is 1. The number of benzene rings is 3. The minimum absolute atomic E-state index is 0.0740. The number of para-hydroxylation sites is 2. The van der Waals surface area contributed by atoms with Crippen LogP contribution in [0.4, 0.5) is 4.79 Å². The number of rotatable bonds is 11. The smallest absolute Gasteiger partial charge is 0.408 e. The molecule has 0 aliphatic carbocycles. The summed E-state index contributed by atoms with van der Waals surface area (Å²) in [6.07, 6.45) is 3.60. The van der Waals surface area contributed by atoms with Crippen molar-refractivity contribution >= 4 is 51.6 Å². The summed E-state index contributed by atoms with van der Waals surface area (Å²) < 4.78 is 6.57. The average molecular weight is 571 g/mol. The standard InChI is InChI=1S/C30H30N6O4S/c1-41-16-15-25(33-30(39)40-19-20-9-3-2-4-10-20)28(37)32-26(17-21-18-31-23-12-6-5-11-22(21)23)29(38)36-27-14-8-7-13-24(27)34-35-36/h2-14,18,25-26,31H,15-17,19H2,1H3,(H,32,37)(H,33,39). The number of nitrogens with one attached hydrogen (secondary N) is 3. The van der Waals surface area contributed by atoms with Gasteiger partial charge in [-0.1, -0.05) is 65.9 Å². The normalized spacial score (nSPS) is 12.6. The molecule has 2 aromatic heterocycles. The summed E-state index contributed by atoms with van der Waals surface area (Å²) in [5, 5.41) is 14.7. The number of aromatic amines is 1. The van der Waals surface area contributed by atoms with Gasteiger partial charge in [-0.2, -0.15) is 16.4 Å². The number of H-pyrrole nitrogens is 1. The van der Waals surface area contributed by atoms with Crippen molar-refractivity contribution in [2.45, 2.75) is 31.5 Å². The molecule has 0 spiro atoms. The van der Waals surface area contributed by atoms with E-state index in [0.29, 0.717) is 23.2 Å². The van der Waals surface area contributed by atoms with Crippen molar-refractivity contribution in [3.05, 3.63) is 96.2 Å². The molecule has 210 valence electrons. The summed E-state index contributed by atoms with van der Waals surface area (Å²) >= 11 is 1.55. The number of amides is 2. The Morgan fingerprint density at radius 1 is 0.951 bits per heavy atom. The first-order chi connectivity index (χ1) is 20.0. The van der Waals surface area contributed by atoms with Crippen molar-refractivity contribution in [2.24, 2.45) is 0 Å². The van der Waals surface area contributed by atoms with Gasteiger partial charge >= 0.3 is 6.09 Å². The highest BCUT2D eigenvalue weighted by molar-refractivity contribution is 7.98. The fraction of sp³-hybridized carbons (Fsp3) is 0.233. The lowest BCUT2D eigenvalue weighted by Gasteiger charge is -2.22. The van der Waals surface area contributed by atoms with Crippen LogP contribution in [-0.4, -0.2) is 62.0 Å². The minimum atomic E-state index is -0.981. The van der Waals surface area contributed by atoms with Crippen LogP contribution in [-0.2, 0) is 22.6 Å². The molecule has 10 nitrogen and oxygen atoms in total. The predicted octanol–water partition coefficient (Wildman–Crippen LogP) is 4.33. The van der Waals surface area contributed by atoms with Gasteiger partial charge in [0.2, 0.25) is 5.91 Å². The molecule has 11 heteroatoms. The molecule has 0 fully saturated rings. The second-order valence-corrected chi connectivity index (χ2v) is 10.5. The fourth-order valence-electron chi connectivity index (χ4n) is 4.58. The van der Waals surface area contributed by atoms with E-state index in [1.165, 1.54) is 4.68 Å². The quantitative estimate of drug-likeness (QED) is 0.215. The second kappa shape index (κ2) is 13.1. The molecule has 3 aromatic carbocycles. The van der Waals surface area contributed by atoms with Crippen molar-refractivity contribution in [2.75, 3.05) is 12.0 Å². The van der Waals surface area contributed by atoms with Crippen molar-refractivity contribution < 1.29 is 19.1 Å². The first kappa shape index (κ1) is 27.9. The molecule has 0 aliphatic rings. The van der Waals surface area contributed by atoms with Gasteiger partial charge in [-0.25, -0.2) is 4.79 Å². The van der Waals surface area contributed by atoms with Gasteiger partial charge < -0.3 is 20.4 Å². The molecule has 0 saturated heterocycles. The van der Waals surface area contributed by atoms with Crippen LogP contribution in [0.5, 0.6) is 0 Å². The van der Waals surface area contributed by atoms with Crippen LogP contribution in [0.1, 0.15) is 22.3 Å². The van der Waals surface area contributed by atoms with E-state index in [1.54, 1.807) is 30.0 Å². The summed E-state index contributed by atoms with van der Waals surface area (Å²) in [5.41, 5.74) is 3.72. The van der Waals surface area contributed by atoms with Gasteiger partial charge in [-0.15, -0.1) is 5.10 Å². The minimum Gasteiger partial charge on any atom is -0.445 e. The van der Waals surface area contributed by atoms with Gasteiger partial charge in [0.25, 0.3) is 5.91 Å². The van der Waals surface area contributed by atoms with Crippen molar-refractivity contribution in [1.29, 1.82) is 0 Å². The van der Waals surface area contributed by atoms with Gasteiger partial charge in [0.15, 0.2) is 0 Å². The molecular weight excluding hydrogens is 540 g/mol. The molecule has 0 radical (unpaired) electrons. The maximum atomic E-state index is 13.9.